The number of aryl methyl sites for hydroxylation is 2. The summed E-state index contributed by atoms with van der Waals surface area (Å²) in [6.07, 6.45) is 1.29. The zero-order chi connectivity index (χ0) is 23.7. The molecule has 8 nitrogen and oxygen atoms in total. The van der Waals surface area contributed by atoms with Gasteiger partial charge in [-0.15, -0.1) is 0 Å². The van der Waals surface area contributed by atoms with E-state index in [1.165, 1.54) is 6.21 Å². The predicted molar refractivity (Wildman–Crippen MR) is 125 cm³/mol. The third-order valence-corrected chi connectivity index (χ3v) is 4.48. The van der Waals surface area contributed by atoms with Crippen LogP contribution < -0.4 is 20.8 Å². The smallest absolute Gasteiger partial charge is 0.329 e. The van der Waals surface area contributed by atoms with E-state index in [-0.39, 0.29) is 18.4 Å². The van der Waals surface area contributed by atoms with Gasteiger partial charge in [-0.3, -0.25) is 14.4 Å². The van der Waals surface area contributed by atoms with Crippen LogP contribution in [0.5, 0.6) is 5.75 Å². The Morgan fingerprint density at radius 1 is 1.09 bits per heavy atom. The molecule has 0 radical (unpaired) electrons. The van der Waals surface area contributed by atoms with Crippen molar-refractivity contribution in [3.8, 4) is 5.75 Å². The topological polar surface area (TPSA) is 109 Å². The standard InChI is InChI=1S/C23H27ClN4O4/c1-14(2)11-25-22(30)23(31)28-26-12-17-10-18(24)7-8-20(17)32-13-21(29)27-19-9-15(3)5-6-16(19)4/h5-10,12,14H,11,13H2,1-4H3,(H,25,30)(H,27,29)(H,28,31)/b26-12-. The first-order chi connectivity index (χ1) is 15.2. The molecule has 170 valence electrons. The summed E-state index contributed by atoms with van der Waals surface area (Å²) >= 11 is 6.03. The lowest BCUT2D eigenvalue weighted by molar-refractivity contribution is -0.139. The van der Waals surface area contributed by atoms with Gasteiger partial charge in [0.15, 0.2) is 6.61 Å². The van der Waals surface area contributed by atoms with Gasteiger partial charge in [0, 0.05) is 22.8 Å². The molecule has 0 aliphatic rings. The number of hydrogen-bond acceptors (Lipinski definition) is 5. The van der Waals surface area contributed by atoms with Crippen LogP contribution in [0.2, 0.25) is 5.02 Å². The largest absolute Gasteiger partial charge is 0.483 e. The summed E-state index contributed by atoms with van der Waals surface area (Å²) in [6, 6.07) is 10.5. The fraction of sp³-hybridized carbons (Fsp3) is 0.304. The van der Waals surface area contributed by atoms with Crippen LogP contribution in [0.1, 0.15) is 30.5 Å². The fourth-order valence-electron chi connectivity index (χ4n) is 2.54. The fourth-order valence-corrected chi connectivity index (χ4v) is 2.72. The highest BCUT2D eigenvalue weighted by Gasteiger charge is 2.13. The lowest BCUT2D eigenvalue weighted by Crippen LogP contribution is -2.39. The summed E-state index contributed by atoms with van der Waals surface area (Å²) in [5.41, 5.74) is 5.27. The summed E-state index contributed by atoms with van der Waals surface area (Å²) < 4.78 is 5.61. The van der Waals surface area contributed by atoms with Crippen LogP contribution in [0.15, 0.2) is 41.5 Å². The van der Waals surface area contributed by atoms with Crippen LogP contribution in [-0.2, 0) is 14.4 Å². The third-order valence-electron chi connectivity index (χ3n) is 4.24. The Morgan fingerprint density at radius 3 is 2.56 bits per heavy atom. The van der Waals surface area contributed by atoms with Crippen molar-refractivity contribution in [1.29, 1.82) is 0 Å². The molecule has 9 heteroatoms. The van der Waals surface area contributed by atoms with Gasteiger partial charge in [-0.1, -0.05) is 37.6 Å². The number of carbonyl (C=O) groups is 3. The average Bonchev–Trinajstić information content (AvgIpc) is 2.73. The van der Waals surface area contributed by atoms with Gasteiger partial charge in [0.25, 0.3) is 5.91 Å². The number of benzene rings is 2. The Bertz CT molecular complexity index is 1020. The molecule has 0 heterocycles. The number of amides is 3. The quantitative estimate of drug-likeness (QED) is 0.320. The maximum absolute atomic E-state index is 12.3. The minimum atomic E-state index is -0.890. The monoisotopic (exact) mass is 458 g/mol. The molecule has 0 unspecified atom stereocenters. The van der Waals surface area contributed by atoms with E-state index in [1.807, 2.05) is 45.9 Å². The zero-order valence-corrected chi connectivity index (χ0v) is 19.2. The summed E-state index contributed by atoms with van der Waals surface area (Å²) in [7, 11) is 0. The minimum Gasteiger partial charge on any atom is -0.483 e. The first-order valence-corrected chi connectivity index (χ1v) is 10.4. The van der Waals surface area contributed by atoms with Gasteiger partial charge in [0.05, 0.1) is 6.21 Å². The van der Waals surface area contributed by atoms with Crippen molar-refractivity contribution in [1.82, 2.24) is 10.7 Å². The number of nitrogens with zero attached hydrogens (tertiary/aromatic N) is 1. The van der Waals surface area contributed by atoms with Crippen molar-refractivity contribution in [3.63, 3.8) is 0 Å². The van der Waals surface area contributed by atoms with Gasteiger partial charge in [-0.25, -0.2) is 5.43 Å². The molecule has 2 rings (SSSR count). The first kappa shape index (κ1) is 24.9. The number of anilines is 1. The van der Waals surface area contributed by atoms with Crippen molar-refractivity contribution >= 4 is 41.2 Å². The second-order valence-electron chi connectivity index (χ2n) is 7.64. The normalized spacial score (nSPS) is 10.8. The van der Waals surface area contributed by atoms with E-state index in [9.17, 15) is 14.4 Å². The maximum Gasteiger partial charge on any atom is 0.329 e. The van der Waals surface area contributed by atoms with Gasteiger partial charge in [-0.2, -0.15) is 5.10 Å². The Balaban J connectivity index is 1.98. The number of hydrogen-bond donors (Lipinski definition) is 3. The molecular weight excluding hydrogens is 432 g/mol. The van der Waals surface area contributed by atoms with Crippen LogP contribution in [0.25, 0.3) is 0 Å². The summed E-state index contributed by atoms with van der Waals surface area (Å²) in [4.78, 5) is 35.8. The molecule has 0 saturated heterocycles. The van der Waals surface area contributed by atoms with Crippen LogP contribution in [0.3, 0.4) is 0 Å². The molecule has 3 amide bonds. The average molecular weight is 459 g/mol. The Hall–Kier alpha value is -3.39. The van der Waals surface area contributed by atoms with E-state index in [1.54, 1.807) is 18.2 Å². The molecule has 0 fully saturated rings. The number of hydrazone groups is 1. The molecule has 2 aromatic carbocycles. The van der Waals surface area contributed by atoms with Gasteiger partial charge in [-0.05, 0) is 55.2 Å². The van der Waals surface area contributed by atoms with Crippen LogP contribution >= 0.6 is 11.6 Å². The maximum atomic E-state index is 12.3. The number of nitrogens with one attached hydrogen (secondary N) is 3. The molecule has 0 bridgehead atoms. The number of halogens is 1. The van der Waals surface area contributed by atoms with Crippen molar-refractivity contribution < 1.29 is 19.1 Å². The molecule has 0 aliphatic carbocycles. The van der Waals surface area contributed by atoms with E-state index in [4.69, 9.17) is 16.3 Å². The molecule has 0 saturated carbocycles. The molecule has 32 heavy (non-hydrogen) atoms. The lowest BCUT2D eigenvalue weighted by atomic mass is 10.1. The number of rotatable bonds is 8. The highest BCUT2D eigenvalue weighted by Crippen LogP contribution is 2.22. The molecule has 0 atom stereocenters. The van der Waals surface area contributed by atoms with Gasteiger partial charge in [0.2, 0.25) is 0 Å². The van der Waals surface area contributed by atoms with Crippen molar-refractivity contribution in [3.05, 3.63) is 58.1 Å². The SMILES string of the molecule is Cc1ccc(C)c(NC(=O)COc2ccc(Cl)cc2/C=N\NC(=O)C(=O)NCC(C)C)c1. The van der Waals surface area contributed by atoms with Crippen molar-refractivity contribution in [2.24, 2.45) is 11.0 Å². The van der Waals surface area contributed by atoms with Crippen LogP contribution in [-0.4, -0.2) is 37.1 Å². The predicted octanol–water partition coefficient (Wildman–Crippen LogP) is 3.20. The van der Waals surface area contributed by atoms with Gasteiger partial charge < -0.3 is 15.4 Å². The molecule has 3 N–H and O–H groups in total. The van der Waals surface area contributed by atoms with Crippen LogP contribution in [0, 0.1) is 19.8 Å². The second-order valence-corrected chi connectivity index (χ2v) is 8.08. The summed E-state index contributed by atoms with van der Waals surface area (Å²) in [5, 5.41) is 9.51. The first-order valence-electron chi connectivity index (χ1n) is 10.1. The Morgan fingerprint density at radius 2 is 1.84 bits per heavy atom. The van der Waals surface area contributed by atoms with Crippen molar-refractivity contribution in [2.75, 3.05) is 18.5 Å². The molecule has 0 aromatic heterocycles. The van der Waals surface area contributed by atoms with E-state index in [0.717, 1.165) is 16.8 Å². The van der Waals surface area contributed by atoms with Crippen molar-refractivity contribution in [2.45, 2.75) is 27.7 Å². The second kappa shape index (κ2) is 11.9. The Labute approximate surface area is 192 Å². The summed E-state index contributed by atoms with van der Waals surface area (Å²) in [5.74, 6) is -1.44. The highest BCUT2D eigenvalue weighted by molar-refractivity contribution is 6.35. The van der Waals surface area contributed by atoms with E-state index in [0.29, 0.717) is 22.9 Å². The molecule has 0 aliphatic heterocycles. The van der Waals surface area contributed by atoms with Gasteiger partial charge >= 0.3 is 11.8 Å². The van der Waals surface area contributed by atoms with E-state index in [2.05, 4.69) is 21.2 Å². The van der Waals surface area contributed by atoms with E-state index >= 15 is 0 Å². The summed E-state index contributed by atoms with van der Waals surface area (Å²) in [6.45, 7) is 7.82. The lowest BCUT2D eigenvalue weighted by Gasteiger charge is -2.12. The number of carbonyl (C=O) groups excluding carboxylic acids is 3. The molecule has 2 aromatic rings. The van der Waals surface area contributed by atoms with Gasteiger partial charge in [0.1, 0.15) is 5.75 Å². The molecule has 0 spiro atoms. The van der Waals surface area contributed by atoms with Crippen LogP contribution in [0.4, 0.5) is 5.69 Å². The Kier molecular flexibility index (Phi) is 9.22. The molecular formula is C23H27ClN4O4. The number of ether oxygens (including phenoxy) is 1. The highest BCUT2D eigenvalue weighted by atomic mass is 35.5. The zero-order valence-electron chi connectivity index (χ0n) is 18.5. The third kappa shape index (κ3) is 8.03. The van der Waals surface area contributed by atoms with E-state index < -0.39 is 11.8 Å². The minimum absolute atomic E-state index is 0.216.